The van der Waals surface area contributed by atoms with Crippen molar-refractivity contribution < 1.29 is 21.3 Å². The van der Waals surface area contributed by atoms with Crippen LogP contribution < -0.4 is 0 Å². The second kappa shape index (κ2) is 7.67. The average molecular weight is 476 g/mol. The van der Waals surface area contributed by atoms with Gasteiger partial charge in [-0.1, -0.05) is 0 Å². The van der Waals surface area contributed by atoms with Gasteiger partial charge in [0.15, 0.2) is 0 Å². The van der Waals surface area contributed by atoms with Gasteiger partial charge in [0.1, 0.15) is 0 Å². The molecule has 0 heterocycles. The molecule has 0 saturated heterocycles. The van der Waals surface area contributed by atoms with Gasteiger partial charge in [-0.15, -0.1) is 0 Å². The average Bonchev–Trinajstić information content (AvgIpc) is 3.22. The first-order chi connectivity index (χ1) is 14.0. The minimum atomic E-state index is -2.09. The SMILES string of the molecule is C[C](C)=[Zr]([CH]1C=C(C(C)(C)C)c2ccccc21)[CH]1C=C(C(C)(C)C)c2ccccc21. The van der Waals surface area contributed by atoms with E-state index in [2.05, 4.69) is 116 Å². The Bertz CT molecular complexity index is 994. The molecule has 2 aliphatic rings. The van der Waals surface area contributed by atoms with Crippen molar-refractivity contribution in [1.29, 1.82) is 0 Å². The fourth-order valence-corrected chi connectivity index (χ4v) is 14.0. The number of hydrogen-bond donors (Lipinski definition) is 0. The van der Waals surface area contributed by atoms with Crippen molar-refractivity contribution in [2.75, 3.05) is 0 Å². The summed E-state index contributed by atoms with van der Waals surface area (Å²) in [5.74, 6) is 0. The van der Waals surface area contributed by atoms with Gasteiger partial charge >= 0.3 is 192 Å². The Labute approximate surface area is 191 Å². The zero-order chi connectivity index (χ0) is 21.8. The maximum atomic E-state index is 2.68. The van der Waals surface area contributed by atoms with E-state index in [1.165, 1.54) is 11.1 Å². The molecule has 2 atom stereocenters. The Morgan fingerprint density at radius 3 is 1.33 bits per heavy atom. The Hall–Kier alpha value is -1.33. The summed E-state index contributed by atoms with van der Waals surface area (Å²) in [6.07, 6.45) is 5.36. The van der Waals surface area contributed by atoms with Crippen LogP contribution in [-0.2, 0) is 21.3 Å². The number of rotatable bonds is 2. The summed E-state index contributed by atoms with van der Waals surface area (Å²) in [4.78, 5) is 0. The molecule has 0 N–H and O–H groups in total. The van der Waals surface area contributed by atoms with E-state index in [-0.39, 0.29) is 10.8 Å². The van der Waals surface area contributed by atoms with Crippen molar-refractivity contribution in [1.82, 2.24) is 0 Å². The number of fused-ring (bicyclic) bond motifs is 2. The Kier molecular flexibility index (Phi) is 5.59. The molecule has 4 rings (SSSR count). The molecule has 2 aromatic carbocycles. The van der Waals surface area contributed by atoms with Crippen LogP contribution in [0, 0.1) is 10.8 Å². The van der Waals surface area contributed by atoms with E-state index in [1.807, 2.05) is 0 Å². The molecule has 0 saturated carbocycles. The summed E-state index contributed by atoms with van der Waals surface area (Å²) in [6, 6.07) is 18.5. The van der Waals surface area contributed by atoms with E-state index < -0.39 is 21.3 Å². The zero-order valence-electron chi connectivity index (χ0n) is 19.9. The van der Waals surface area contributed by atoms with Crippen LogP contribution in [0.25, 0.3) is 11.1 Å². The van der Waals surface area contributed by atoms with Crippen molar-refractivity contribution >= 4 is 14.4 Å². The third kappa shape index (κ3) is 3.73. The van der Waals surface area contributed by atoms with Crippen LogP contribution in [0.5, 0.6) is 0 Å². The van der Waals surface area contributed by atoms with Gasteiger partial charge < -0.3 is 0 Å². The molecule has 30 heavy (non-hydrogen) atoms. The predicted molar refractivity (Wildman–Crippen MR) is 130 cm³/mol. The van der Waals surface area contributed by atoms with Gasteiger partial charge in [0.2, 0.25) is 0 Å². The summed E-state index contributed by atoms with van der Waals surface area (Å²) >= 11 is -2.09. The van der Waals surface area contributed by atoms with Crippen molar-refractivity contribution in [2.24, 2.45) is 10.8 Å². The van der Waals surface area contributed by atoms with Crippen molar-refractivity contribution in [2.45, 2.75) is 62.6 Å². The van der Waals surface area contributed by atoms with E-state index in [1.54, 1.807) is 25.5 Å². The molecular formula is C29H36Zr. The topological polar surface area (TPSA) is 0 Å². The van der Waals surface area contributed by atoms with Crippen molar-refractivity contribution in [3.05, 3.63) is 82.9 Å². The third-order valence-electron chi connectivity index (χ3n) is 6.70. The van der Waals surface area contributed by atoms with Crippen LogP contribution >= 0.6 is 0 Å². The van der Waals surface area contributed by atoms with Crippen LogP contribution in [0.15, 0.2) is 60.7 Å². The molecule has 0 fully saturated rings. The molecule has 2 aromatic rings. The van der Waals surface area contributed by atoms with Gasteiger partial charge in [-0.2, -0.15) is 0 Å². The van der Waals surface area contributed by atoms with Crippen LogP contribution in [-0.4, -0.2) is 3.21 Å². The van der Waals surface area contributed by atoms with Crippen LogP contribution in [0.1, 0.15) is 84.9 Å². The first-order valence-electron chi connectivity index (χ1n) is 11.3. The predicted octanol–water partition coefficient (Wildman–Crippen LogP) is 8.19. The molecule has 0 nitrogen and oxygen atoms in total. The Morgan fingerprint density at radius 2 is 1.00 bits per heavy atom. The molecular weight excluding hydrogens is 440 g/mol. The van der Waals surface area contributed by atoms with Crippen LogP contribution in [0.2, 0.25) is 0 Å². The second-order valence-corrected chi connectivity index (χ2v) is 19.0. The fourth-order valence-electron chi connectivity index (χ4n) is 5.36. The van der Waals surface area contributed by atoms with Gasteiger partial charge in [0.25, 0.3) is 0 Å². The number of allylic oxidation sites excluding steroid dienone is 4. The molecule has 0 aliphatic heterocycles. The standard InChI is InChI=1S/2C13H15.C3H6.Zr/c2*1-13(2,3)12-9-8-10-6-4-5-7-11(10)12;1-3-2;/h2*4-9H,1-3H3;1-2H3;. The van der Waals surface area contributed by atoms with Gasteiger partial charge in [-0.3, -0.25) is 0 Å². The van der Waals surface area contributed by atoms with Crippen molar-refractivity contribution in [3.63, 3.8) is 0 Å². The summed E-state index contributed by atoms with van der Waals surface area (Å²) < 4.78 is 2.96. The molecule has 1 heteroatoms. The maximum absolute atomic E-state index is 2.68. The summed E-state index contributed by atoms with van der Waals surface area (Å²) in [7, 11) is 0. The molecule has 0 bridgehead atoms. The van der Waals surface area contributed by atoms with E-state index in [4.69, 9.17) is 0 Å². The van der Waals surface area contributed by atoms with Gasteiger partial charge in [0.05, 0.1) is 0 Å². The third-order valence-corrected chi connectivity index (χ3v) is 15.2. The van der Waals surface area contributed by atoms with Crippen LogP contribution in [0.4, 0.5) is 0 Å². The first kappa shape index (κ1) is 21.9. The van der Waals surface area contributed by atoms with Crippen LogP contribution in [0.3, 0.4) is 0 Å². The van der Waals surface area contributed by atoms with Crippen molar-refractivity contribution in [3.8, 4) is 0 Å². The molecule has 0 spiro atoms. The quantitative estimate of drug-likeness (QED) is 0.411. The molecule has 0 aromatic heterocycles. The van der Waals surface area contributed by atoms with E-state index in [0.29, 0.717) is 7.25 Å². The second-order valence-electron chi connectivity index (χ2n) is 11.2. The minimum absolute atomic E-state index is 0.181. The number of hydrogen-bond acceptors (Lipinski definition) is 0. The van der Waals surface area contributed by atoms with E-state index in [0.717, 1.165) is 0 Å². The van der Waals surface area contributed by atoms with Gasteiger partial charge in [-0.05, 0) is 0 Å². The van der Waals surface area contributed by atoms with E-state index >= 15 is 0 Å². The Balaban J connectivity index is 1.91. The van der Waals surface area contributed by atoms with Gasteiger partial charge in [0, 0.05) is 0 Å². The van der Waals surface area contributed by atoms with Gasteiger partial charge in [-0.25, -0.2) is 0 Å². The van der Waals surface area contributed by atoms with E-state index in [9.17, 15) is 0 Å². The first-order valence-corrected chi connectivity index (χ1v) is 15.4. The summed E-state index contributed by atoms with van der Waals surface area (Å²) in [6.45, 7) is 19.0. The molecule has 2 aliphatic carbocycles. The summed E-state index contributed by atoms with van der Waals surface area (Å²) in [5, 5.41) is 0. The summed E-state index contributed by atoms with van der Waals surface area (Å²) in [5.41, 5.74) is 9.65. The molecule has 0 radical (unpaired) electrons. The normalized spacial score (nSPS) is 20.4. The Morgan fingerprint density at radius 1 is 0.633 bits per heavy atom. The fraction of sp³-hybridized carbons (Fsp3) is 0.414. The zero-order valence-corrected chi connectivity index (χ0v) is 22.4. The monoisotopic (exact) mass is 474 g/mol. The molecule has 2 unspecified atom stereocenters. The molecule has 0 amide bonds. The number of benzene rings is 2. The molecule has 156 valence electrons.